The molecule has 96 valence electrons. The van der Waals surface area contributed by atoms with E-state index in [0.717, 1.165) is 0 Å². The maximum Gasteiger partial charge on any atom is 0.508 e. The van der Waals surface area contributed by atoms with Crippen molar-refractivity contribution >= 4 is 6.16 Å². The largest absolute Gasteiger partial charge is 0.508 e. The SMILES string of the molecule is CCC(F)CCOC(=O)OCCC(F)CC. The molecule has 0 aliphatic heterocycles. The fourth-order valence-corrected chi connectivity index (χ4v) is 0.990. The summed E-state index contributed by atoms with van der Waals surface area (Å²) in [4.78, 5) is 10.9. The van der Waals surface area contributed by atoms with Crippen LogP contribution in [0.5, 0.6) is 0 Å². The van der Waals surface area contributed by atoms with Crippen molar-refractivity contribution in [2.75, 3.05) is 13.2 Å². The first-order valence-electron chi connectivity index (χ1n) is 5.67. The number of alkyl halides is 2. The maximum absolute atomic E-state index is 12.7. The number of carbonyl (C=O) groups is 1. The van der Waals surface area contributed by atoms with E-state index < -0.39 is 18.5 Å². The zero-order valence-electron chi connectivity index (χ0n) is 9.88. The van der Waals surface area contributed by atoms with Crippen molar-refractivity contribution in [2.24, 2.45) is 0 Å². The molecule has 0 rings (SSSR count). The van der Waals surface area contributed by atoms with Gasteiger partial charge in [0.15, 0.2) is 0 Å². The average molecular weight is 238 g/mol. The summed E-state index contributed by atoms with van der Waals surface area (Å²) in [6, 6.07) is 0. The Morgan fingerprint density at radius 2 is 1.38 bits per heavy atom. The first-order valence-corrected chi connectivity index (χ1v) is 5.67. The molecule has 0 aliphatic rings. The first kappa shape index (κ1) is 15.1. The zero-order chi connectivity index (χ0) is 12.4. The van der Waals surface area contributed by atoms with Crippen LogP contribution in [0.25, 0.3) is 0 Å². The maximum atomic E-state index is 12.7. The Kier molecular flexibility index (Phi) is 8.85. The molecule has 3 nitrogen and oxygen atoms in total. The Bertz CT molecular complexity index is 170. The van der Waals surface area contributed by atoms with Gasteiger partial charge in [0.05, 0.1) is 13.2 Å². The molecular formula is C11H20F2O3. The molecule has 16 heavy (non-hydrogen) atoms. The summed E-state index contributed by atoms with van der Waals surface area (Å²) in [6.07, 6.45) is -1.62. The van der Waals surface area contributed by atoms with Crippen molar-refractivity contribution in [3.05, 3.63) is 0 Å². The minimum atomic E-state index is -0.955. The number of ether oxygens (including phenoxy) is 2. The molecular weight excluding hydrogens is 218 g/mol. The second-order valence-corrected chi connectivity index (χ2v) is 3.54. The van der Waals surface area contributed by atoms with Gasteiger partial charge in [0.2, 0.25) is 0 Å². The van der Waals surface area contributed by atoms with Crippen LogP contribution < -0.4 is 0 Å². The molecule has 0 saturated carbocycles. The average Bonchev–Trinajstić information content (AvgIpc) is 2.28. The van der Waals surface area contributed by atoms with Gasteiger partial charge >= 0.3 is 6.16 Å². The van der Waals surface area contributed by atoms with E-state index in [4.69, 9.17) is 0 Å². The number of rotatable bonds is 8. The molecule has 0 aromatic carbocycles. The van der Waals surface area contributed by atoms with Gasteiger partial charge in [-0.2, -0.15) is 0 Å². The molecule has 0 heterocycles. The Morgan fingerprint density at radius 3 is 1.69 bits per heavy atom. The molecule has 2 atom stereocenters. The molecule has 0 bridgehead atoms. The van der Waals surface area contributed by atoms with Gasteiger partial charge in [0, 0.05) is 12.8 Å². The molecule has 0 spiro atoms. The van der Waals surface area contributed by atoms with Crippen molar-refractivity contribution in [1.29, 1.82) is 0 Å². The van der Waals surface area contributed by atoms with Crippen LogP contribution in [-0.4, -0.2) is 31.7 Å². The van der Waals surface area contributed by atoms with E-state index in [1.165, 1.54) is 0 Å². The molecule has 0 saturated heterocycles. The lowest BCUT2D eigenvalue weighted by molar-refractivity contribution is 0.0446. The van der Waals surface area contributed by atoms with Crippen LogP contribution in [-0.2, 0) is 9.47 Å². The highest BCUT2D eigenvalue weighted by Gasteiger charge is 2.09. The summed E-state index contributed by atoms with van der Waals surface area (Å²) in [5.41, 5.74) is 0. The zero-order valence-corrected chi connectivity index (χ0v) is 9.88. The lowest BCUT2D eigenvalue weighted by Crippen LogP contribution is -2.14. The van der Waals surface area contributed by atoms with Crippen LogP contribution in [0.15, 0.2) is 0 Å². The summed E-state index contributed by atoms with van der Waals surface area (Å²) < 4.78 is 34.6. The lowest BCUT2D eigenvalue weighted by atomic mass is 10.2. The Morgan fingerprint density at radius 1 is 1.00 bits per heavy atom. The van der Waals surface area contributed by atoms with Gasteiger partial charge in [0.1, 0.15) is 12.3 Å². The van der Waals surface area contributed by atoms with E-state index in [2.05, 4.69) is 9.47 Å². The third kappa shape index (κ3) is 8.44. The van der Waals surface area contributed by atoms with Crippen LogP contribution in [0.3, 0.4) is 0 Å². The quantitative estimate of drug-likeness (QED) is 0.608. The summed E-state index contributed by atoms with van der Waals surface area (Å²) in [5, 5.41) is 0. The van der Waals surface area contributed by atoms with Crippen LogP contribution in [0, 0.1) is 0 Å². The second-order valence-electron chi connectivity index (χ2n) is 3.54. The lowest BCUT2D eigenvalue weighted by Gasteiger charge is -2.08. The standard InChI is InChI=1S/C11H20F2O3/c1-3-9(12)5-7-15-11(14)16-8-6-10(13)4-2/h9-10H,3-8H2,1-2H3. The van der Waals surface area contributed by atoms with Gasteiger partial charge in [-0.25, -0.2) is 13.6 Å². The van der Waals surface area contributed by atoms with Crippen LogP contribution >= 0.6 is 0 Å². The van der Waals surface area contributed by atoms with E-state index in [-0.39, 0.29) is 26.1 Å². The molecule has 0 aromatic rings. The van der Waals surface area contributed by atoms with Gasteiger partial charge in [-0.3, -0.25) is 0 Å². The predicted molar refractivity (Wildman–Crippen MR) is 56.9 cm³/mol. The minimum Gasteiger partial charge on any atom is -0.434 e. The summed E-state index contributed by atoms with van der Waals surface area (Å²) in [5.74, 6) is 0. The van der Waals surface area contributed by atoms with E-state index >= 15 is 0 Å². The fourth-order valence-electron chi connectivity index (χ4n) is 0.990. The monoisotopic (exact) mass is 238 g/mol. The van der Waals surface area contributed by atoms with Crippen molar-refractivity contribution < 1.29 is 23.0 Å². The molecule has 0 fully saturated rings. The molecule has 0 radical (unpaired) electrons. The molecule has 0 amide bonds. The van der Waals surface area contributed by atoms with Gasteiger partial charge < -0.3 is 9.47 Å². The predicted octanol–water partition coefficient (Wildman–Crippen LogP) is 3.42. The van der Waals surface area contributed by atoms with Gasteiger partial charge in [-0.05, 0) is 12.8 Å². The summed E-state index contributed by atoms with van der Waals surface area (Å²) in [6.45, 7) is 3.44. The number of halogens is 2. The number of hydrogen-bond donors (Lipinski definition) is 0. The van der Waals surface area contributed by atoms with Crippen molar-refractivity contribution in [3.8, 4) is 0 Å². The van der Waals surface area contributed by atoms with Gasteiger partial charge in [-0.1, -0.05) is 13.8 Å². The van der Waals surface area contributed by atoms with Crippen LogP contribution in [0.1, 0.15) is 39.5 Å². The molecule has 2 unspecified atom stereocenters. The molecule has 0 aromatic heterocycles. The van der Waals surface area contributed by atoms with Crippen LogP contribution in [0.4, 0.5) is 13.6 Å². The summed E-state index contributed by atoms with van der Waals surface area (Å²) >= 11 is 0. The van der Waals surface area contributed by atoms with E-state index in [9.17, 15) is 13.6 Å². The van der Waals surface area contributed by atoms with E-state index in [1.807, 2.05) is 0 Å². The first-order chi connectivity index (χ1) is 7.60. The third-order valence-corrected chi connectivity index (χ3v) is 2.19. The summed E-state index contributed by atoms with van der Waals surface area (Å²) in [7, 11) is 0. The normalized spacial score (nSPS) is 14.2. The molecule has 0 N–H and O–H groups in total. The van der Waals surface area contributed by atoms with Gasteiger partial charge in [-0.15, -0.1) is 0 Å². The highest BCUT2D eigenvalue weighted by molar-refractivity contribution is 5.59. The van der Waals surface area contributed by atoms with Crippen molar-refractivity contribution in [2.45, 2.75) is 51.9 Å². The van der Waals surface area contributed by atoms with E-state index in [1.54, 1.807) is 13.8 Å². The third-order valence-electron chi connectivity index (χ3n) is 2.19. The number of carbonyl (C=O) groups excluding carboxylic acids is 1. The highest BCUT2D eigenvalue weighted by Crippen LogP contribution is 2.04. The second kappa shape index (κ2) is 9.36. The Hall–Kier alpha value is -0.870. The smallest absolute Gasteiger partial charge is 0.434 e. The number of hydrogen-bond acceptors (Lipinski definition) is 3. The fraction of sp³-hybridized carbons (Fsp3) is 0.909. The van der Waals surface area contributed by atoms with E-state index in [0.29, 0.717) is 12.8 Å². The topological polar surface area (TPSA) is 35.5 Å². The minimum absolute atomic E-state index is 0.000666. The van der Waals surface area contributed by atoms with Crippen molar-refractivity contribution in [1.82, 2.24) is 0 Å². The Labute approximate surface area is 95.1 Å². The highest BCUT2D eigenvalue weighted by atomic mass is 19.1. The van der Waals surface area contributed by atoms with Crippen LogP contribution in [0.2, 0.25) is 0 Å². The Balaban J connectivity index is 3.38. The van der Waals surface area contributed by atoms with Crippen molar-refractivity contribution in [3.63, 3.8) is 0 Å². The molecule has 5 heteroatoms. The van der Waals surface area contributed by atoms with Gasteiger partial charge in [0.25, 0.3) is 0 Å². The molecule has 0 aliphatic carbocycles.